The average molecular weight is 318 g/mol. The fourth-order valence-corrected chi connectivity index (χ4v) is 3.45. The Balaban J connectivity index is 2.09. The molecule has 1 aromatic rings. The lowest BCUT2D eigenvalue weighted by Gasteiger charge is -2.20. The molecule has 2 rings (SSSR count). The van der Waals surface area contributed by atoms with Gasteiger partial charge in [0.2, 0.25) is 0 Å². The number of carbonyl (C=O) groups is 1. The van der Waals surface area contributed by atoms with Gasteiger partial charge in [-0.2, -0.15) is 0 Å². The van der Waals surface area contributed by atoms with Crippen LogP contribution in [-0.2, 0) is 9.53 Å². The molecule has 0 bridgehead atoms. The van der Waals surface area contributed by atoms with Crippen molar-refractivity contribution < 1.29 is 14.3 Å². The minimum Gasteiger partial charge on any atom is -0.493 e. The Hall–Kier alpha value is -1.51. The van der Waals surface area contributed by atoms with Gasteiger partial charge in [-0.15, -0.1) is 0 Å². The SMILES string of the molecule is CCCOc1cc(C)c(C(CC)CC2CC2C(=O)OC)cc1C. The Labute approximate surface area is 140 Å². The zero-order valence-corrected chi connectivity index (χ0v) is 15.1. The summed E-state index contributed by atoms with van der Waals surface area (Å²) in [6, 6.07) is 4.46. The minimum absolute atomic E-state index is 0.0407. The number of aryl methyl sites for hydroxylation is 2. The third-order valence-corrected chi connectivity index (χ3v) is 4.97. The van der Waals surface area contributed by atoms with Crippen LogP contribution in [0.15, 0.2) is 12.1 Å². The summed E-state index contributed by atoms with van der Waals surface area (Å²) in [5.74, 6) is 2.09. The molecule has 0 amide bonds. The summed E-state index contributed by atoms with van der Waals surface area (Å²) in [4.78, 5) is 11.6. The third-order valence-electron chi connectivity index (χ3n) is 4.97. The summed E-state index contributed by atoms with van der Waals surface area (Å²) in [6.45, 7) is 9.41. The lowest BCUT2D eigenvalue weighted by atomic mass is 9.86. The first-order valence-electron chi connectivity index (χ1n) is 8.83. The predicted octanol–water partition coefficient (Wildman–Crippen LogP) is 4.79. The molecule has 1 fully saturated rings. The van der Waals surface area contributed by atoms with Crippen molar-refractivity contribution in [3.63, 3.8) is 0 Å². The predicted molar refractivity (Wildman–Crippen MR) is 93.0 cm³/mol. The van der Waals surface area contributed by atoms with E-state index in [9.17, 15) is 4.79 Å². The van der Waals surface area contributed by atoms with Gasteiger partial charge in [0.15, 0.2) is 0 Å². The molecule has 0 radical (unpaired) electrons. The molecule has 3 heteroatoms. The van der Waals surface area contributed by atoms with Crippen molar-refractivity contribution in [3.05, 3.63) is 28.8 Å². The van der Waals surface area contributed by atoms with Crippen molar-refractivity contribution in [1.29, 1.82) is 0 Å². The highest BCUT2D eigenvalue weighted by Gasteiger charge is 2.44. The van der Waals surface area contributed by atoms with Gasteiger partial charge in [0, 0.05) is 0 Å². The lowest BCUT2D eigenvalue weighted by molar-refractivity contribution is -0.142. The second-order valence-electron chi connectivity index (χ2n) is 6.79. The molecular weight excluding hydrogens is 288 g/mol. The first kappa shape index (κ1) is 17.8. The molecule has 1 aliphatic rings. The van der Waals surface area contributed by atoms with E-state index in [4.69, 9.17) is 9.47 Å². The van der Waals surface area contributed by atoms with Crippen molar-refractivity contribution in [3.8, 4) is 5.75 Å². The van der Waals surface area contributed by atoms with Crippen LogP contribution in [0.2, 0.25) is 0 Å². The summed E-state index contributed by atoms with van der Waals surface area (Å²) in [5, 5.41) is 0. The molecule has 0 heterocycles. The summed E-state index contributed by atoms with van der Waals surface area (Å²) in [6.07, 6.45) is 4.18. The number of hydrogen-bond acceptors (Lipinski definition) is 3. The van der Waals surface area contributed by atoms with Crippen molar-refractivity contribution >= 4 is 5.97 Å². The number of esters is 1. The fraction of sp³-hybridized carbons (Fsp3) is 0.650. The molecule has 3 atom stereocenters. The van der Waals surface area contributed by atoms with Gasteiger partial charge in [0.05, 0.1) is 19.6 Å². The molecule has 23 heavy (non-hydrogen) atoms. The molecule has 3 unspecified atom stereocenters. The fourth-order valence-electron chi connectivity index (χ4n) is 3.45. The van der Waals surface area contributed by atoms with Crippen LogP contribution in [0, 0.1) is 25.7 Å². The second-order valence-corrected chi connectivity index (χ2v) is 6.79. The molecule has 1 aliphatic carbocycles. The minimum atomic E-state index is -0.0407. The molecule has 0 spiro atoms. The summed E-state index contributed by atoms with van der Waals surface area (Å²) in [7, 11) is 1.48. The number of rotatable bonds is 8. The normalized spacial score (nSPS) is 20.9. The van der Waals surface area contributed by atoms with E-state index in [1.807, 2.05) is 0 Å². The van der Waals surface area contributed by atoms with Gasteiger partial charge in [-0.1, -0.05) is 19.9 Å². The summed E-state index contributed by atoms with van der Waals surface area (Å²) >= 11 is 0. The first-order valence-corrected chi connectivity index (χ1v) is 8.83. The maximum atomic E-state index is 11.6. The Bertz CT molecular complexity index is 550. The zero-order valence-electron chi connectivity index (χ0n) is 15.1. The number of methoxy groups -OCH3 is 1. The highest BCUT2D eigenvalue weighted by atomic mass is 16.5. The van der Waals surface area contributed by atoms with E-state index in [1.165, 1.54) is 23.8 Å². The lowest BCUT2D eigenvalue weighted by Crippen LogP contribution is -2.08. The van der Waals surface area contributed by atoms with Crippen molar-refractivity contribution in [1.82, 2.24) is 0 Å². The maximum Gasteiger partial charge on any atom is 0.308 e. The molecule has 3 nitrogen and oxygen atoms in total. The summed E-state index contributed by atoms with van der Waals surface area (Å²) in [5.41, 5.74) is 3.91. The Morgan fingerprint density at radius 2 is 2.00 bits per heavy atom. The molecule has 128 valence electrons. The van der Waals surface area contributed by atoms with Crippen LogP contribution in [-0.4, -0.2) is 19.7 Å². The summed E-state index contributed by atoms with van der Waals surface area (Å²) < 4.78 is 10.7. The van der Waals surface area contributed by atoms with E-state index in [2.05, 4.69) is 39.8 Å². The molecule has 0 aromatic heterocycles. The van der Waals surface area contributed by atoms with Gasteiger partial charge in [-0.3, -0.25) is 4.79 Å². The van der Waals surface area contributed by atoms with Gasteiger partial charge in [-0.05, 0) is 74.1 Å². The number of carbonyl (C=O) groups excluding carboxylic acids is 1. The monoisotopic (exact) mass is 318 g/mol. The highest BCUT2D eigenvalue weighted by molar-refractivity contribution is 5.75. The highest BCUT2D eigenvalue weighted by Crippen LogP contribution is 2.47. The van der Waals surface area contributed by atoms with Crippen LogP contribution in [0.3, 0.4) is 0 Å². The zero-order chi connectivity index (χ0) is 17.0. The van der Waals surface area contributed by atoms with Gasteiger partial charge in [0.1, 0.15) is 5.75 Å². The molecule has 0 saturated heterocycles. The van der Waals surface area contributed by atoms with Crippen LogP contribution >= 0.6 is 0 Å². The molecule has 0 aliphatic heterocycles. The quantitative estimate of drug-likeness (QED) is 0.647. The number of hydrogen-bond donors (Lipinski definition) is 0. The van der Waals surface area contributed by atoms with Crippen LogP contribution in [0.5, 0.6) is 5.75 Å². The van der Waals surface area contributed by atoms with Crippen LogP contribution in [0.25, 0.3) is 0 Å². The van der Waals surface area contributed by atoms with Gasteiger partial charge in [-0.25, -0.2) is 0 Å². The van der Waals surface area contributed by atoms with Crippen LogP contribution in [0.1, 0.15) is 62.1 Å². The molecular formula is C20H30O3. The van der Waals surface area contributed by atoms with Crippen molar-refractivity contribution in [2.24, 2.45) is 11.8 Å². The first-order chi connectivity index (χ1) is 11.0. The largest absolute Gasteiger partial charge is 0.493 e. The topological polar surface area (TPSA) is 35.5 Å². The van der Waals surface area contributed by atoms with Crippen LogP contribution < -0.4 is 4.74 Å². The van der Waals surface area contributed by atoms with E-state index in [0.717, 1.165) is 38.0 Å². The molecule has 1 aromatic carbocycles. The van der Waals surface area contributed by atoms with Crippen LogP contribution in [0.4, 0.5) is 0 Å². The van der Waals surface area contributed by atoms with E-state index in [-0.39, 0.29) is 11.9 Å². The average Bonchev–Trinajstić information content (AvgIpc) is 3.31. The second kappa shape index (κ2) is 7.85. The van der Waals surface area contributed by atoms with Crippen molar-refractivity contribution in [2.45, 2.75) is 59.3 Å². The Morgan fingerprint density at radius 1 is 1.26 bits per heavy atom. The van der Waals surface area contributed by atoms with E-state index in [0.29, 0.717) is 11.8 Å². The van der Waals surface area contributed by atoms with E-state index in [1.54, 1.807) is 0 Å². The molecule has 0 N–H and O–H groups in total. The Kier molecular flexibility index (Phi) is 6.09. The van der Waals surface area contributed by atoms with Gasteiger partial charge >= 0.3 is 5.97 Å². The van der Waals surface area contributed by atoms with E-state index >= 15 is 0 Å². The number of ether oxygens (including phenoxy) is 2. The maximum absolute atomic E-state index is 11.6. The number of benzene rings is 1. The smallest absolute Gasteiger partial charge is 0.308 e. The Morgan fingerprint density at radius 3 is 2.61 bits per heavy atom. The standard InChI is InChI=1S/C20H30O3/c1-6-8-23-19-10-13(3)17(9-14(19)4)15(7-2)11-16-12-18(16)20(21)22-5/h9-10,15-16,18H,6-8,11-12H2,1-5H3. The van der Waals surface area contributed by atoms with Crippen molar-refractivity contribution in [2.75, 3.05) is 13.7 Å². The van der Waals surface area contributed by atoms with Gasteiger partial charge < -0.3 is 9.47 Å². The third kappa shape index (κ3) is 4.27. The van der Waals surface area contributed by atoms with Gasteiger partial charge in [0.25, 0.3) is 0 Å². The van der Waals surface area contributed by atoms with E-state index < -0.39 is 0 Å². The molecule has 1 saturated carbocycles.